The van der Waals surface area contributed by atoms with Crippen LogP contribution in [0.5, 0.6) is 81.0 Å². The summed E-state index contributed by atoms with van der Waals surface area (Å²) in [6, 6.07) is 127. The molecule has 21 aromatic rings. The molecule has 0 atom stereocenters. The average molecular weight is 2000 g/mol. The van der Waals surface area contributed by atoms with Crippen LogP contribution in [-0.2, 0) is 0 Å². The van der Waals surface area contributed by atoms with E-state index >= 15 is 0 Å². The van der Waals surface area contributed by atoms with Crippen LogP contribution in [0.3, 0.4) is 0 Å². The van der Waals surface area contributed by atoms with Crippen molar-refractivity contribution in [3.8, 4) is 158 Å². The highest BCUT2D eigenvalue weighted by atomic mass is 32.1. The van der Waals surface area contributed by atoms with E-state index in [4.69, 9.17) is 61.8 Å². The number of pyridine rings is 5. The summed E-state index contributed by atoms with van der Waals surface area (Å²) in [7, 11) is 3.77. The number of thiazole rings is 1. The normalized spacial score (nSPS) is 10.4. The fourth-order valence-corrected chi connectivity index (χ4v) is 16.1. The molecule has 12 N–H and O–H groups in total. The second-order valence-electron chi connectivity index (χ2n) is 34.6. The molecule has 6 heterocycles. The van der Waals surface area contributed by atoms with Crippen LogP contribution in [0.2, 0.25) is 0 Å². The van der Waals surface area contributed by atoms with Gasteiger partial charge in [-0.1, -0.05) is 170 Å². The molecule has 748 valence electrons. The molecule has 0 amide bonds. The first-order valence-electron chi connectivity index (χ1n) is 48.2. The highest BCUT2D eigenvalue weighted by Gasteiger charge is 2.15. The van der Waals surface area contributed by atoms with Crippen LogP contribution in [0.25, 0.3) is 77.2 Å². The zero-order valence-corrected chi connectivity index (χ0v) is 85.1. The summed E-state index contributed by atoms with van der Waals surface area (Å²) >= 11 is 1.61. The number of benzene rings is 15. The zero-order chi connectivity index (χ0) is 105. The van der Waals surface area contributed by atoms with Crippen molar-refractivity contribution < 1.29 is 41.9 Å². The van der Waals surface area contributed by atoms with E-state index in [-0.39, 0.29) is 11.6 Å². The molecule has 23 heteroatoms. The lowest BCUT2D eigenvalue weighted by Gasteiger charge is -2.12. The number of hydrogen-bond donors (Lipinski definition) is 7. The molecular formula is C127H113F2N13O7S. The van der Waals surface area contributed by atoms with Crippen molar-refractivity contribution in [1.82, 2.24) is 29.9 Å². The molecular weight excluding hydrogens is 1890 g/mol. The van der Waals surface area contributed by atoms with Crippen molar-refractivity contribution in [1.29, 1.82) is 0 Å². The van der Waals surface area contributed by atoms with Gasteiger partial charge in [-0.15, -0.1) is 11.3 Å². The minimum Gasteiger partial charge on any atom is -0.457 e. The number of nitrogens with zero attached hydrogens (tertiary/aromatic N) is 6. The number of hydrogen-bond acceptors (Lipinski definition) is 21. The van der Waals surface area contributed by atoms with Gasteiger partial charge in [0.1, 0.15) is 57.6 Å². The Morgan fingerprint density at radius 1 is 0.240 bits per heavy atom. The Hall–Kier alpha value is -19.3. The maximum Gasteiger partial charge on any atom is 0.219 e. The Balaban J connectivity index is 0.000000131. The summed E-state index contributed by atoms with van der Waals surface area (Å²) in [6.07, 6.45) is 11.8. The van der Waals surface area contributed by atoms with Crippen LogP contribution < -0.4 is 72.5 Å². The van der Waals surface area contributed by atoms with Crippen LogP contribution in [0.1, 0.15) is 38.9 Å². The number of anilines is 7. The fourth-order valence-electron chi connectivity index (χ4n) is 15.4. The molecule has 15 aromatic carbocycles. The van der Waals surface area contributed by atoms with Gasteiger partial charge in [-0.3, -0.25) is 9.97 Å². The van der Waals surface area contributed by atoms with Gasteiger partial charge in [-0.05, 0) is 360 Å². The number of nitrogens with two attached hydrogens (primary N) is 5. The predicted molar refractivity (Wildman–Crippen MR) is 608 cm³/mol. The molecule has 0 aliphatic heterocycles. The van der Waals surface area contributed by atoms with Crippen molar-refractivity contribution in [2.75, 3.05) is 53.4 Å². The lowest BCUT2D eigenvalue weighted by Crippen LogP contribution is -1.93. The lowest BCUT2D eigenvalue weighted by atomic mass is 9.96. The predicted octanol–water partition coefficient (Wildman–Crippen LogP) is 32.9. The fraction of sp³-hybridized carbons (Fsp3) is 0.0709. The van der Waals surface area contributed by atoms with Crippen LogP contribution >= 0.6 is 11.3 Å². The average Bonchev–Trinajstić information content (AvgIpc) is 0.838. The van der Waals surface area contributed by atoms with E-state index in [1.807, 2.05) is 233 Å². The number of nitrogens with one attached hydrogen (secondary N) is 2. The Labute approximate surface area is 877 Å². The van der Waals surface area contributed by atoms with E-state index in [0.29, 0.717) is 57.8 Å². The third-order valence-electron chi connectivity index (χ3n) is 23.6. The number of aryl methyl sites for hydroxylation is 7. The van der Waals surface area contributed by atoms with Gasteiger partial charge in [-0.25, -0.2) is 28.7 Å². The zero-order valence-electron chi connectivity index (χ0n) is 84.3. The first kappa shape index (κ1) is 105. The SMILES string of the molecule is CNc1ccc(Oc2ccc(-c3ccccc3C)c(C)c2)cc1.CNc1ccc(Oc2ccc(-c3ccccc3C)c(C)c2)nc1.Cc1cc(Oc2ccc(-c3ccccc3)cc2)ncc1N.Cc1ccccc1-c1ccc(Oc2ccc(N)cc2)cc1C.Nc1ccc(Oc2ccc(-c3ccc(F)cc3)cc2)nc1.Nc1ccc(Oc2ccc(-c3ccncc3)cc2)c(F)c1.Nc1ccc(Oc2ccc(-c3cncs3)cc2)nc1. The van der Waals surface area contributed by atoms with Crippen molar-refractivity contribution >= 4 is 51.1 Å². The van der Waals surface area contributed by atoms with Crippen LogP contribution in [-0.4, -0.2) is 44.0 Å². The van der Waals surface area contributed by atoms with Gasteiger partial charge in [-0.2, -0.15) is 0 Å². The summed E-state index contributed by atoms with van der Waals surface area (Å²) in [5, 5.41) is 6.14. The molecule has 0 aliphatic rings. The lowest BCUT2D eigenvalue weighted by molar-refractivity contribution is 0.442. The summed E-state index contributed by atoms with van der Waals surface area (Å²) in [5.41, 5.74) is 58.3. The number of nitrogen functional groups attached to an aromatic ring is 5. The third kappa shape index (κ3) is 30.7. The molecule has 0 saturated heterocycles. The standard InChI is InChI=1S/C21H21NO.C20H20N2O.C20H19NO.C18H16N2O.2C17H13FN2O.C14H11N3OS/c1-15-6-4-5-7-20(15)21-13-12-19(14-16(21)2)23-18-10-8-17(22-3)9-11-18;1-14-6-4-5-7-18(14)19-10-9-17(12-15(19)2)23-20-11-8-16(21-3)13-22-20;1-14-5-3-4-6-19(14)20-12-11-18(13-15(20)2)22-17-9-7-16(21)8-10-17;1-13-11-18(20-12-17(13)19)21-16-9-7-15(8-10-16)14-5-3-2-4-6-14;18-14-5-1-12(2-6-14)13-3-8-16(9-4-13)21-17-10-7-15(19)11-20-17;18-16-11-14(19)3-6-17(16)21-15-4-1-12(2-5-15)13-7-9-20-10-8-13;15-11-3-6-14(17-7-11)18-12-4-1-10(2-5-12)13-8-16-9-19-13/h4-14,22H,1-3H3;4-13,21H,1-3H3;3-13H,21H2,1-2H3;2-12H,19H2,1H3;2*1-11H,19H2;1-9H,15H2. The first-order chi connectivity index (χ1) is 72.9. The molecule has 21 rings (SSSR count). The molecule has 0 radical (unpaired) electrons. The molecule has 0 saturated carbocycles. The largest absolute Gasteiger partial charge is 0.457 e. The molecule has 6 aromatic heterocycles. The van der Waals surface area contributed by atoms with Crippen LogP contribution in [0.4, 0.5) is 48.6 Å². The Morgan fingerprint density at radius 2 is 0.580 bits per heavy atom. The maximum absolute atomic E-state index is 13.7. The minimum absolute atomic E-state index is 0.154. The highest BCUT2D eigenvalue weighted by molar-refractivity contribution is 7.13. The van der Waals surface area contributed by atoms with Gasteiger partial charge in [0.15, 0.2) is 11.6 Å². The van der Waals surface area contributed by atoms with Crippen molar-refractivity contribution in [2.24, 2.45) is 0 Å². The van der Waals surface area contributed by atoms with Crippen molar-refractivity contribution in [2.45, 2.75) is 48.5 Å². The number of aromatic nitrogens is 6. The number of rotatable bonds is 23. The van der Waals surface area contributed by atoms with Gasteiger partial charge in [0.25, 0.3) is 0 Å². The molecule has 0 aliphatic carbocycles. The molecule has 150 heavy (non-hydrogen) atoms. The first-order valence-corrected chi connectivity index (χ1v) is 49.0. The summed E-state index contributed by atoms with van der Waals surface area (Å²) in [4.78, 5) is 25.8. The van der Waals surface area contributed by atoms with E-state index in [0.717, 1.165) is 101 Å². The summed E-state index contributed by atoms with van der Waals surface area (Å²) < 4.78 is 66.7. The molecule has 0 fully saturated rings. The van der Waals surface area contributed by atoms with Crippen LogP contribution in [0.15, 0.2) is 449 Å². The Morgan fingerprint density at radius 3 is 0.987 bits per heavy atom. The molecule has 0 bridgehead atoms. The number of ether oxygens (including phenoxy) is 7. The third-order valence-corrected chi connectivity index (χ3v) is 24.4. The molecule has 0 unspecified atom stereocenters. The monoisotopic (exact) mass is 2000 g/mol. The highest BCUT2D eigenvalue weighted by Crippen LogP contribution is 2.39. The second-order valence-corrected chi connectivity index (χ2v) is 35.5. The van der Waals surface area contributed by atoms with Gasteiger partial charge in [0, 0.05) is 80.1 Å². The number of halogens is 2. The van der Waals surface area contributed by atoms with E-state index in [1.165, 1.54) is 96.6 Å². The minimum atomic E-state index is -0.479. The van der Waals surface area contributed by atoms with Crippen molar-refractivity contribution in [3.63, 3.8) is 0 Å². The van der Waals surface area contributed by atoms with E-state index in [1.54, 1.807) is 103 Å². The van der Waals surface area contributed by atoms with Gasteiger partial charge in [0.2, 0.25) is 23.5 Å². The Bertz CT molecular complexity index is 7760. The molecule has 20 nitrogen and oxygen atoms in total. The molecule has 0 spiro atoms. The van der Waals surface area contributed by atoms with Crippen molar-refractivity contribution in [3.05, 3.63) is 500 Å². The smallest absolute Gasteiger partial charge is 0.219 e. The quantitative estimate of drug-likeness (QED) is 0.0293. The Kier molecular flexibility index (Phi) is 36.6. The van der Waals surface area contributed by atoms with E-state index in [2.05, 4.69) is 203 Å². The van der Waals surface area contributed by atoms with Gasteiger partial charge in [0.05, 0.1) is 57.9 Å². The van der Waals surface area contributed by atoms with Gasteiger partial charge < -0.3 is 72.5 Å². The summed E-state index contributed by atoms with van der Waals surface area (Å²) in [5.74, 6) is 8.44. The summed E-state index contributed by atoms with van der Waals surface area (Å²) in [6.45, 7) is 14.7. The van der Waals surface area contributed by atoms with Crippen LogP contribution in [0, 0.1) is 60.1 Å². The van der Waals surface area contributed by atoms with Gasteiger partial charge >= 0.3 is 0 Å². The maximum atomic E-state index is 13.7. The second kappa shape index (κ2) is 52.3. The van der Waals surface area contributed by atoms with E-state index < -0.39 is 5.82 Å². The topological polar surface area (TPSA) is 296 Å². The van der Waals surface area contributed by atoms with E-state index in [9.17, 15) is 8.78 Å².